The Morgan fingerprint density at radius 2 is 1.82 bits per heavy atom. The maximum absolute atomic E-state index is 13.7. The molecule has 0 heterocycles. The van der Waals surface area contributed by atoms with Gasteiger partial charge in [-0.2, -0.15) is 0 Å². The third kappa shape index (κ3) is 5.97. The first-order chi connectivity index (χ1) is 13.4. The Hall–Kier alpha value is -3.09. The summed E-state index contributed by atoms with van der Waals surface area (Å²) in [6.07, 6.45) is 0.715. The highest BCUT2D eigenvalue weighted by Crippen LogP contribution is 2.21. The molecule has 2 N–H and O–H groups in total. The lowest BCUT2D eigenvalue weighted by molar-refractivity contribution is -0.141. The fourth-order valence-corrected chi connectivity index (χ4v) is 2.83. The number of benzene rings is 2. The molecule has 0 aliphatic heterocycles. The van der Waals surface area contributed by atoms with Crippen LogP contribution in [0.1, 0.15) is 17.5 Å². The normalized spacial score (nSPS) is 11.5. The first kappa shape index (κ1) is 21.2. The minimum Gasteiger partial charge on any atom is -0.496 e. The smallest absolute Gasteiger partial charge is 0.308 e. The SMILES string of the molecule is COc1ccc(CCC(=O)NCC(Cc2ccccc2OC)C(=O)O)cc1F. The number of halogens is 1. The lowest BCUT2D eigenvalue weighted by Gasteiger charge is -2.15. The fraction of sp³-hybridized carbons (Fsp3) is 0.333. The third-order valence-electron chi connectivity index (χ3n) is 4.41. The zero-order valence-corrected chi connectivity index (χ0v) is 15.9. The van der Waals surface area contributed by atoms with Crippen molar-refractivity contribution >= 4 is 11.9 Å². The molecule has 28 heavy (non-hydrogen) atoms. The zero-order chi connectivity index (χ0) is 20.5. The molecule has 7 heteroatoms. The number of nitrogens with one attached hydrogen (secondary N) is 1. The molecule has 6 nitrogen and oxygen atoms in total. The number of hydrogen-bond donors (Lipinski definition) is 2. The van der Waals surface area contributed by atoms with Gasteiger partial charge in [-0.3, -0.25) is 9.59 Å². The van der Waals surface area contributed by atoms with E-state index in [4.69, 9.17) is 9.47 Å². The van der Waals surface area contributed by atoms with E-state index in [9.17, 15) is 19.1 Å². The third-order valence-corrected chi connectivity index (χ3v) is 4.41. The van der Waals surface area contributed by atoms with Crippen molar-refractivity contribution in [2.75, 3.05) is 20.8 Å². The summed E-state index contributed by atoms with van der Waals surface area (Å²) in [4.78, 5) is 23.6. The molecule has 0 spiro atoms. The van der Waals surface area contributed by atoms with E-state index < -0.39 is 17.7 Å². The second-order valence-corrected chi connectivity index (χ2v) is 6.32. The molecule has 0 aliphatic rings. The van der Waals surface area contributed by atoms with E-state index in [0.29, 0.717) is 17.7 Å². The van der Waals surface area contributed by atoms with Gasteiger partial charge in [0, 0.05) is 13.0 Å². The van der Waals surface area contributed by atoms with E-state index in [2.05, 4.69) is 5.32 Å². The minimum atomic E-state index is -0.997. The Labute approximate surface area is 163 Å². The number of para-hydroxylation sites is 1. The van der Waals surface area contributed by atoms with Crippen LogP contribution in [0, 0.1) is 11.7 Å². The minimum absolute atomic E-state index is 0.00316. The second kappa shape index (κ2) is 10.3. The van der Waals surface area contributed by atoms with Crippen molar-refractivity contribution in [3.63, 3.8) is 0 Å². The number of amides is 1. The maximum Gasteiger partial charge on any atom is 0.308 e. The monoisotopic (exact) mass is 389 g/mol. The molecule has 150 valence electrons. The van der Waals surface area contributed by atoms with Gasteiger partial charge in [-0.25, -0.2) is 4.39 Å². The predicted molar refractivity (Wildman–Crippen MR) is 102 cm³/mol. The van der Waals surface area contributed by atoms with E-state index in [-0.39, 0.29) is 31.0 Å². The Morgan fingerprint density at radius 3 is 2.46 bits per heavy atom. The van der Waals surface area contributed by atoms with Gasteiger partial charge in [-0.15, -0.1) is 0 Å². The van der Waals surface area contributed by atoms with Crippen molar-refractivity contribution in [1.29, 1.82) is 0 Å². The molecule has 0 aliphatic carbocycles. The topological polar surface area (TPSA) is 84.9 Å². The van der Waals surface area contributed by atoms with Gasteiger partial charge in [0.15, 0.2) is 11.6 Å². The average molecular weight is 389 g/mol. The van der Waals surface area contributed by atoms with E-state index in [1.807, 2.05) is 12.1 Å². The number of methoxy groups -OCH3 is 2. The van der Waals surface area contributed by atoms with Gasteiger partial charge in [0.1, 0.15) is 5.75 Å². The first-order valence-electron chi connectivity index (χ1n) is 8.88. The quantitative estimate of drug-likeness (QED) is 0.653. The van der Waals surface area contributed by atoms with E-state index in [1.54, 1.807) is 18.2 Å². The Morgan fingerprint density at radius 1 is 1.11 bits per heavy atom. The van der Waals surface area contributed by atoms with Gasteiger partial charge >= 0.3 is 5.97 Å². The van der Waals surface area contributed by atoms with Crippen LogP contribution < -0.4 is 14.8 Å². The Balaban J connectivity index is 1.88. The van der Waals surface area contributed by atoms with Gasteiger partial charge in [0.05, 0.1) is 20.1 Å². The summed E-state index contributed by atoms with van der Waals surface area (Å²) < 4.78 is 23.8. The molecule has 1 unspecified atom stereocenters. The number of carbonyl (C=O) groups is 2. The Bertz CT molecular complexity index is 824. The summed E-state index contributed by atoms with van der Waals surface area (Å²) in [6.45, 7) is 0.00316. The highest BCUT2D eigenvalue weighted by molar-refractivity contribution is 5.77. The lowest BCUT2D eigenvalue weighted by atomic mass is 9.98. The molecule has 0 bridgehead atoms. The van der Waals surface area contributed by atoms with Gasteiger partial charge < -0.3 is 19.9 Å². The molecule has 0 saturated heterocycles. The number of aryl methyl sites for hydroxylation is 1. The average Bonchev–Trinajstić information content (AvgIpc) is 2.69. The number of carbonyl (C=O) groups excluding carboxylic acids is 1. The molecule has 0 fully saturated rings. The summed E-state index contributed by atoms with van der Waals surface area (Å²) in [6, 6.07) is 11.7. The van der Waals surface area contributed by atoms with Gasteiger partial charge in [-0.05, 0) is 42.2 Å². The molecule has 1 amide bonds. The van der Waals surface area contributed by atoms with Crippen molar-refractivity contribution in [2.45, 2.75) is 19.3 Å². The van der Waals surface area contributed by atoms with Gasteiger partial charge in [-0.1, -0.05) is 24.3 Å². The van der Waals surface area contributed by atoms with Gasteiger partial charge in [0.25, 0.3) is 0 Å². The summed E-state index contributed by atoms with van der Waals surface area (Å²) in [5, 5.41) is 12.1. The van der Waals surface area contributed by atoms with Crippen molar-refractivity contribution in [3.8, 4) is 11.5 Å². The van der Waals surface area contributed by atoms with Crippen molar-refractivity contribution < 1.29 is 28.6 Å². The highest BCUT2D eigenvalue weighted by Gasteiger charge is 2.20. The van der Waals surface area contributed by atoms with Crippen LogP contribution in [-0.2, 0) is 22.4 Å². The molecular weight excluding hydrogens is 365 g/mol. The van der Waals surface area contributed by atoms with Crippen LogP contribution in [0.15, 0.2) is 42.5 Å². The second-order valence-electron chi connectivity index (χ2n) is 6.32. The molecule has 0 aromatic heterocycles. The van der Waals surface area contributed by atoms with Crippen LogP contribution in [0.3, 0.4) is 0 Å². The standard InChI is InChI=1S/C21H24FNO5/c1-27-18-6-4-3-5-15(18)12-16(21(25)26)13-23-20(24)10-8-14-7-9-19(28-2)17(22)11-14/h3-7,9,11,16H,8,10,12-13H2,1-2H3,(H,23,24)(H,25,26). The number of aliphatic carboxylic acids is 1. The lowest BCUT2D eigenvalue weighted by Crippen LogP contribution is -2.34. The van der Waals surface area contributed by atoms with Crippen LogP contribution in [0.25, 0.3) is 0 Å². The van der Waals surface area contributed by atoms with Crippen molar-refractivity contribution in [1.82, 2.24) is 5.32 Å². The van der Waals surface area contributed by atoms with E-state index in [0.717, 1.165) is 5.56 Å². The van der Waals surface area contributed by atoms with E-state index in [1.165, 1.54) is 26.4 Å². The molecule has 2 rings (SSSR count). The van der Waals surface area contributed by atoms with Crippen LogP contribution in [0.2, 0.25) is 0 Å². The summed E-state index contributed by atoms with van der Waals surface area (Å²) in [7, 11) is 2.91. The van der Waals surface area contributed by atoms with Crippen LogP contribution in [0.5, 0.6) is 11.5 Å². The number of rotatable bonds is 10. The number of ether oxygens (including phenoxy) is 2. The fourth-order valence-electron chi connectivity index (χ4n) is 2.83. The van der Waals surface area contributed by atoms with Crippen LogP contribution in [-0.4, -0.2) is 37.7 Å². The predicted octanol–water partition coefficient (Wildman–Crippen LogP) is 2.84. The Kier molecular flexibility index (Phi) is 7.80. The molecule has 2 aromatic carbocycles. The van der Waals surface area contributed by atoms with Crippen molar-refractivity contribution in [2.24, 2.45) is 5.92 Å². The molecule has 2 aromatic rings. The number of hydrogen-bond acceptors (Lipinski definition) is 4. The molecule has 0 radical (unpaired) electrons. The van der Waals surface area contributed by atoms with E-state index >= 15 is 0 Å². The molecule has 0 saturated carbocycles. The largest absolute Gasteiger partial charge is 0.496 e. The van der Waals surface area contributed by atoms with Crippen molar-refractivity contribution in [3.05, 3.63) is 59.4 Å². The summed E-state index contributed by atoms with van der Waals surface area (Å²) in [5.74, 6) is -1.79. The maximum atomic E-state index is 13.7. The van der Waals surface area contributed by atoms with Gasteiger partial charge in [0.2, 0.25) is 5.91 Å². The molecule has 1 atom stereocenters. The number of carboxylic acid groups (broad SMARTS) is 1. The summed E-state index contributed by atoms with van der Waals surface area (Å²) in [5.41, 5.74) is 1.43. The number of carboxylic acids is 1. The highest BCUT2D eigenvalue weighted by atomic mass is 19.1. The van der Waals surface area contributed by atoms with Crippen LogP contribution >= 0.6 is 0 Å². The molecular formula is C21H24FNO5. The summed E-state index contributed by atoms with van der Waals surface area (Å²) >= 11 is 0. The first-order valence-corrected chi connectivity index (χ1v) is 8.88. The zero-order valence-electron chi connectivity index (χ0n) is 15.9. The van der Waals surface area contributed by atoms with Crippen LogP contribution in [0.4, 0.5) is 4.39 Å².